The van der Waals surface area contributed by atoms with Crippen molar-refractivity contribution < 1.29 is 0 Å². The minimum atomic E-state index is 0.0718. The molecule has 1 nitrogen and oxygen atoms in total. The van der Waals surface area contributed by atoms with E-state index in [-0.39, 0.29) is 5.41 Å². The van der Waals surface area contributed by atoms with Gasteiger partial charge in [0.1, 0.15) is 0 Å². The zero-order chi connectivity index (χ0) is 13.0. The van der Waals surface area contributed by atoms with Gasteiger partial charge in [0, 0.05) is 0 Å². The molecule has 0 heterocycles. The SMILES string of the molecule is CCCC1CCC2(C#N)C[C@H](CCC)CC[C@@H]2C1. The quantitative estimate of drug-likeness (QED) is 0.660. The Hall–Kier alpha value is -0.510. The van der Waals surface area contributed by atoms with Gasteiger partial charge in [-0.2, -0.15) is 5.26 Å². The van der Waals surface area contributed by atoms with Crippen molar-refractivity contribution in [2.75, 3.05) is 0 Å². The summed E-state index contributed by atoms with van der Waals surface area (Å²) in [7, 11) is 0. The summed E-state index contributed by atoms with van der Waals surface area (Å²) in [5.74, 6) is 2.48. The average Bonchev–Trinajstić information content (AvgIpc) is 2.40. The summed E-state index contributed by atoms with van der Waals surface area (Å²) < 4.78 is 0. The van der Waals surface area contributed by atoms with Gasteiger partial charge >= 0.3 is 0 Å². The largest absolute Gasteiger partial charge is 0.198 e. The molecule has 2 aliphatic carbocycles. The van der Waals surface area contributed by atoms with E-state index in [4.69, 9.17) is 0 Å². The van der Waals surface area contributed by atoms with E-state index in [1.165, 1.54) is 64.2 Å². The van der Waals surface area contributed by atoms with Crippen molar-refractivity contribution in [3.63, 3.8) is 0 Å². The number of rotatable bonds is 4. The second-order valence-corrected chi connectivity index (χ2v) is 6.83. The Morgan fingerprint density at radius 3 is 2.44 bits per heavy atom. The third kappa shape index (κ3) is 2.73. The topological polar surface area (TPSA) is 23.8 Å². The Labute approximate surface area is 113 Å². The first-order chi connectivity index (χ1) is 8.74. The van der Waals surface area contributed by atoms with Crippen molar-refractivity contribution in [1.29, 1.82) is 5.26 Å². The predicted molar refractivity (Wildman–Crippen MR) is 76.0 cm³/mol. The zero-order valence-corrected chi connectivity index (χ0v) is 12.3. The average molecular weight is 247 g/mol. The smallest absolute Gasteiger partial charge is 0.0692 e. The van der Waals surface area contributed by atoms with E-state index in [0.717, 1.165) is 17.8 Å². The van der Waals surface area contributed by atoms with Gasteiger partial charge in [0.15, 0.2) is 0 Å². The molecule has 1 heteroatoms. The highest BCUT2D eigenvalue weighted by Gasteiger charge is 2.47. The molecule has 4 atom stereocenters. The minimum absolute atomic E-state index is 0.0718. The van der Waals surface area contributed by atoms with Crippen LogP contribution in [0.2, 0.25) is 0 Å². The van der Waals surface area contributed by atoms with Crippen LogP contribution >= 0.6 is 0 Å². The third-order valence-electron chi connectivity index (χ3n) is 5.59. The highest BCUT2D eigenvalue weighted by Crippen LogP contribution is 2.54. The Kier molecular flexibility index (Phi) is 4.71. The van der Waals surface area contributed by atoms with Crippen molar-refractivity contribution in [2.45, 2.75) is 78.1 Å². The minimum Gasteiger partial charge on any atom is -0.198 e. The highest BCUT2D eigenvalue weighted by atomic mass is 14.5. The second-order valence-electron chi connectivity index (χ2n) is 6.83. The van der Waals surface area contributed by atoms with Crippen molar-refractivity contribution >= 4 is 0 Å². The number of nitriles is 1. The molecule has 0 aromatic rings. The van der Waals surface area contributed by atoms with Crippen LogP contribution in [0.3, 0.4) is 0 Å². The first-order valence-corrected chi connectivity index (χ1v) is 8.15. The maximum Gasteiger partial charge on any atom is 0.0692 e. The van der Waals surface area contributed by atoms with Gasteiger partial charge in [0.05, 0.1) is 11.5 Å². The van der Waals surface area contributed by atoms with Crippen LogP contribution < -0.4 is 0 Å². The van der Waals surface area contributed by atoms with Crippen LogP contribution in [-0.2, 0) is 0 Å². The van der Waals surface area contributed by atoms with Crippen LogP contribution in [0.4, 0.5) is 0 Å². The van der Waals surface area contributed by atoms with Gasteiger partial charge in [-0.3, -0.25) is 0 Å². The Morgan fingerprint density at radius 2 is 1.78 bits per heavy atom. The van der Waals surface area contributed by atoms with E-state index >= 15 is 0 Å². The molecule has 0 N–H and O–H groups in total. The molecular formula is C17H29N. The van der Waals surface area contributed by atoms with Crippen molar-refractivity contribution in [3.05, 3.63) is 0 Å². The molecule has 2 aliphatic rings. The monoisotopic (exact) mass is 247 g/mol. The van der Waals surface area contributed by atoms with Crippen LogP contribution in [0.1, 0.15) is 78.1 Å². The number of fused-ring (bicyclic) bond motifs is 1. The van der Waals surface area contributed by atoms with E-state index in [0.29, 0.717) is 0 Å². The molecule has 18 heavy (non-hydrogen) atoms. The summed E-state index contributed by atoms with van der Waals surface area (Å²) in [5.41, 5.74) is 0.0718. The molecule has 0 aliphatic heterocycles. The van der Waals surface area contributed by atoms with Gasteiger partial charge in [0.25, 0.3) is 0 Å². The van der Waals surface area contributed by atoms with Crippen LogP contribution in [0, 0.1) is 34.5 Å². The molecule has 2 unspecified atom stereocenters. The molecule has 0 aromatic heterocycles. The molecule has 2 fully saturated rings. The highest BCUT2D eigenvalue weighted by molar-refractivity contribution is 5.08. The van der Waals surface area contributed by atoms with Crippen molar-refractivity contribution in [3.8, 4) is 6.07 Å². The molecule has 2 saturated carbocycles. The summed E-state index contributed by atoms with van der Waals surface area (Å²) in [4.78, 5) is 0. The van der Waals surface area contributed by atoms with Gasteiger partial charge in [-0.15, -0.1) is 0 Å². The fourth-order valence-corrected chi connectivity index (χ4v) is 4.65. The summed E-state index contributed by atoms with van der Waals surface area (Å²) >= 11 is 0. The lowest BCUT2D eigenvalue weighted by Gasteiger charge is -2.48. The van der Waals surface area contributed by atoms with E-state index in [9.17, 15) is 5.26 Å². The Balaban J connectivity index is 2.02. The fourth-order valence-electron chi connectivity index (χ4n) is 4.65. The zero-order valence-electron chi connectivity index (χ0n) is 12.3. The maximum atomic E-state index is 9.73. The first kappa shape index (κ1) is 13.9. The van der Waals surface area contributed by atoms with Gasteiger partial charge in [0.2, 0.25) is 0 Å². The standard InChI is InChI=1S/C17H29N/c1-3-5-14-9-10-17(13-18)12-15(6-4-2)7-8-16(17)11-14/h14-16H,3-12H2,1-2H3/t14?,15-,16-,17?/m1/s1. The van der Waals surface area contributed by atoms with E-state index in [1.54, 1.807) is 0 Å². The van der Waals surface area contributed by atoms with E-state index < -0.39 is 0 Å². The molecular weight excluding hydrogens is 218 g/mol. The number of nitrogens with zero attached hydrogens (tertiary/aromatic N) is 1. The van der Waals surface area contributed by atoms with E-state index in [1.807, 2.05) is 0 Å². The molecule has 0 amide bonds. The van der Waals surface area contributed by atoms with Crippen LogP contribution in [0.15, 0.2) is 0 Å². The first-order valence-electron chi connectivity index (χ1n) is 8.15. The molecule has 0 saturated heterocycles. The van der Waals surface area contributed by atoms with Crippen LogP contribution in [-0.4, -0.2) is 0 Å². The maximum absolute atomic E-state index is 9.73. The van der Waals surface area contributed by atoms with Gasteiger partial charge in [-0.25, -0.2) is 0 Å². The summed E-state index contributed by atoms with van der Waals surface area (Å²) in [6.07, 6.45) is 13.1. The van der Waals surface area contributed by atoms with E-state index in [2.05, 4.69) is 19.9 Å². The lowest BCUT2D eigenvalue weighted by Crippen LogP contribution is -2.40. The summed E-state index contributed by atoms with van der Waals surface area (Å²) in [5, 5.41) is 9.73. The third-order valence-corrected chi connectivity index (χ3v) is 5.59. The molecule has 2 rings (SSSR count). The van der Waals surface area contributed by atoms with Gasteiger partial charge in [-0.05, 0) is 49.9 Å². The van der Waals surface area contributed by atoms with Crippen LogP contribution in [0.5, 0.6) is 0 Å². The summed E-state index contributed by atoms with van der Waals surface area (Å²) in [6, 6.07) is 2.77. The Morgan fingerprint density at radius 1 is 1.06 bits per heavy atom. The summed E-state index contributed by atoms with van der Waals surface area (Å²) in [6.45, 7) is 4.58. The second kappa shape index (κ2) is 6.09. The number of hydrogen-bond donors (Lipinski definition) is 0. The lowest BCUT2D eigenvalue weighted by atomic mass is 9.55. The van der Waals surface area contributed by atoms with Gasteiger partial charge in [-0.1, -0.05) is 46.0 Å². The Bertz CT molecular complexity index is 303. The lowest BCUT2D eigenvalue weighted by molar-refractivity contribution is 0.0375. The number of hydrogen-bond acceptors (Lipinski definition) is 1. The molecule has 0 radical (unpaired) electrons. The molecule has 0 aromatic carbocycles. The molecule has 102 valence electrons. The normalized spacial score (nSPS) is 39.9. The molecule has 0 bridgehead atoms. The van der Waals surface area contributed by atoms with Gasteiger partial charge < -0.3 is 0 Å². The van der Waals surface area contributed by atoms with Crippen molar-refractivity contribution in [1.82, 2.24) is 0 Å². The fraction of sp³-hybridized carbons (Fsp3) is 0.941. The van der Waals surface area contributed by atoms with Crippen LogP contribution in [0.25, 0.3) is 0 Å². The van der Waals surface area contributed by atoms with Crippen molar-refractivity contribution in [2.24, 2.45) is 23.2 Å². The molecule has 0 spiro atoms. The predicted octanol–water partition coefficient (Wildman–Crippen LogP) is 5.31.